The number of carbonyl (C=O) groups excluding carboxylic acids is 1. The maximum atomic E-state index is 12.2. The zero-order valence-corrected chi connectivity index (χ0v) is 17.6. The first-order chi connectivity index (χ1) is 13.3. The molecule has 0 amide bonds. The molecular formula is C23H42N2O2. The standard InChI is InChI=1S/C23H42N2O2/c1-2-3-4-5-6-7-8-9-10-11-12-13-14-15-16-17-22(27)23-24-18-19-25(23)20-21-26/h9-10,26H,2-8,11-21H2,1H3/b10-9-. The second-order valence-corrected chi connectivity index (χ2v) is 7.67. The van der Waals surface area contributed by atoms with Crippen molar-refractivity contribution in [2.24, 2.45) is 4.99 Å². The van der Waals surface area contributed by atoms with Gasteiger partial charge in [-0.1, -0.05) is 70.4 Å². The van der Waals surface area contributed by atoms with E-state index in [2.05, 4.69) is 24.1 Å². The van der Waals surface area contributed by atoms with Crippen molar-refractivity contribution in [1.29, 1.82) is 0 Å². The van der Waals surface area contributed by atoms with E-state index in [1.807, 2.05) is 4.90 Å². The smallest absolute Gasteiger partial charge is 0.197 e. The highest BCUT2D eigenvalue weighted by atomic mass is 16.3. The summed E-state index contributed by atoms with van der Waals surface area (Å²) in [6.07, 6.45) is 21.8. The molecule has 1 heterocycles. The van der Waals surface area contributed by atoms with Crippen molar-refractivity contribution in [2.75, 3.05) is 26.2 Å². The van der Waals surface area contributed by atoms with E-state index in [4.69, 9.17) is 5.11 Å². The number of aliphatic imine (C=N–C) groups is 1. The quantitative estimate of drug-likeness (QED) is 0.260. The van der Waals surface area contributed by atoms with Crippen LogP contribution in [0.5, 0.6) is 0 Å². The maximum absolute atomic E-state index is 12.2. The number of ketones is 1. The van der Waals surface area contributed by atoms with Crippen LogP contribution < -0.4 is 0 Å². The fourth-order valence-electron chi connectivity index (χ4n) is 3.55. The van der Waals surface area contributed by atoms with Crippen LogP contribution in [0, 0.1) is 0 Å². The number of carbonyl (C=O) groups is 1. The Morgan fingerprint density at radius 3 is 2.19 bits per heavy atom. The molecule has 0 bridgehead atoms. The predicted molar refractivity (Wildman–Crippen MR) is 115 cm³/mol. The van der Waals surface area contributed by atoms with Crippen molar-refractivity contribution in [3.63, 3.8) is 0 Å². The van der Waals surface area contributed by atoms with Gasteiger partial charge in [-0.25, -0.2) is 0 Å². The highest BCUT2D eigenvalue weighted by Gasteiger charge is 2.22. The van der Waals surface area contributed by atoms with Crippen LogP contribution in [0.4, 0.5) is 0 Å². The zero-order valence-electron chi connectivity index (χ0n) is 17.6. The molecule has 0 aromatic heterocycles. The summed E-state index contributed by atoms with van der Waals surface area (Å²) in [5.74, 6) is 0.748. The van der Waals surface area contributed by atoms with Crippen molar-refractivity contribution in [2.45, 2.75) is 96.8 Å². The fourth-order valence-corrected chi connectivity index (χ4v) is 3.55. The summed E-state index contributed by atoms with van der Waals surface area (Å²) in [6, 6.07) is 0. The first-order valence-electron chi connectivity index (χ1n) is 11.4. The lowest BCUT2D eigenvalue weighted by Crippen LogP contribution is -2.35. The van der Waals surface area contributed by atoms with E-state index < -0.39 is 0 Å². The Bertz CT molecular complexity index is 432. The topological polar surface area (TPSA) is 52.9 Å². The molecule has 0 saturated heterocycles. The average Bonchev–Trinajstić information content (AvgIpc) is 3.13. The molecular weight excluding hydrogens is 336 g/mol. The van der Waals surface area contributed by atoms with Crippen LogP contribution in [0.25, 0.3) is 0 Å². The molecule has 0 unspecified atom stereocenters. The molecule has 27 heavy (non-hydrogen) atoms. The van der Waals surface area contributed by atoms with Crippen LogP contribution in [0.3, 0.4) is 0 Å². The molecule has 0 aliphatic carbocycles. The van der Waals surface area contributed by atoms with Crippen LogP contribution in [0.2, 0.25) is 0 Å². The number of aliphatic hydroxyl groups excluding tert-OH is 1. The summed E-state index contributed by atoms with van der Waals surface area (Å²) in [7, 11) is 0. The highest BCUT2D eigenvalue weighted by molar-refractivity contribution is 6.39. The van der Waals surface area contributed by atoms with Crippen LogP contribution >= 0.6 is 0 Å². The van der Waals surface area contributed by atoms with Gasteiger partial charge in [0, 0.05) is 19.5 Å². The van der Waals surface area contributed by atoms with E-state index in [1.165, 1.54) is 70.6 Å². The van der Waals surface area contributed by atoms with E-state index in [0.29, 0.717) is 25.3 Å². The van der Waals surface area contributed by atoms with E-state index in [1.54, 1.807) is 0 Å². The van der Waals surface area contributed by atoms with Gasteiger partial charge in [0.1, 0.15) is 0 Å². The van der Waals surface area contributed by atoms with Crippen LogP contribution in [-0.4, -0.2) is 47.9 Å². The number of unbranched alkanes of at least 4 members (excludes halogenated alkanes) is 11. The molecule has 1 rings (SSSR count). The van der Waals surface area contributed by atoms with Crippen molar-refractivity contribution >= 4 is 11.6 Å². The van der Waals surface area contributed by atoms with E-state index >= 15 is 0 Å². The largest absolute Gasteiger partial charge is 0.395 e. The van der Waals surface area contributed by atoms with Crippen molar-refractivity contribution < 1.29 is 9.90 Å². The van der Waals surface area contributed by atoms with Crippen LogP contribution in [0.15, 0.2) is 17.1 Å². The molecule has 0 aromatic rings. The monoisotopic (exact) mass is 378 g/mol. The van der Waals surface area contributed by atoms with E-state index in [9.17, 15) is 4.79 Å². The minimum absolute atomic E-state index is 0.0830. The lowest BCUT2D eigenvalue weighted by Gasteiger charge is -2.17. The van der Waals surface area contributed by atoms with E-state index in [-0.39, 0.29) is 12.4 Å². The Kier molecular flexibility index (Phi) is 15.0. The Morgan fingerprint density at radius 2 is 1.56 bits per heavy atom. The number of rotatable bonds is 18. The van der Waals surface area contributed by atoms with Crippen LogP contribution in [-0.2, 0) is 4.79 Å². The Balaban J connectivity index is 1.89. The van der Waals surface area contributed by atoms with Gasteiger partial charge in [-0.3, -0.25) is 9.79 Å². The maximum Gasteiger partial charge on any atom is 0.197 e. The summed E-state index contributed by atoms with van der Waals surface area (Å²) >= 11 is 0. The number of allylic oxidation sites excluding steroid dienone is 2. The number of aliphatic hydroxyl groups is 1. The molecule has 0 radical (unpaired) electrons. The third kappa shape index (κ3) is 12.0. The summed E-state index contributed by atoms with van der Waals surface area (Å²) in [5, 5.41) is 9.03. The number of Topliss-reactive ketones (excluding diaryl/α,β-unsaturated/α-hetero) is 1. The Labute approximate surface area is 167 Å². The van der Waals surface area contributed by atoms with Gasteiger partial charge in [-0.15, -0.1) is 0 Å². The minimum Gasteiger partial charge on any atom is -0.395 e. The molecule has 0 spiro atoms. The summed E-state index contributed by atoms with van der Waals surface area (Å²) < 4.78 is 0. The molecule has 1 aliphatic heterocycles. The second kappa shape index (κ2) is 17.0. The third-order valence-electron chi connectivity index (χ3n) is 5.22. The van der Waals surface area contributed by atoms with Crippen molar-refractivity contribution in [3.05, 3.63) is 12.2 Å². The predicted octanol–water partition coefficient (Wildman–Crippen LogP) is 5.30. The molecule has 156 valence electrons. The van der Waals surface area contributed by atoms with Gasteiger partial charge in [0.15, 0.2) is 11.6 Å². The molecule has 0 atom stereocenters. The first kappa shape index (κ1) is 23.9. The summed E-state index contributed by atoms with van der Waals surface area (Å²) in [5.41, 5.74) is 0. The minimum atomic E-state index is 0.0830. The molecule has 4 heteroatoms. The lowest BCUT2D eigenvalue weighted by atomic mass is 10.1. The van der Waals surface area contributed by atoms with Gasteiger partial charge in [0.25, 0.3) is 0 Å². The second-order valence-electron chi connectivity index (χ2n) is 7.67. The summed E-state index contributed by atoms with van der Waals surface area (Å²) in [4.78, 5) is 18.4. The third-order valence-corrected chi connectivity index (χ3v) is 5.22. The Hall–Kier alpha value is -1.16. The van der Waals surface area contributed by atoms with Gasteiger partial charge in [0.2, 0.25) is 0 Å². The highest BCUT2D eigenvalue weighted by Crippen LogP contribution is 2.11. The average molecular weight is 379 g/mol. The normalized spacial score (nSPS) is 14.3. The van der Waals surface area contributed by atoms with Gasteiger partial charge >= 0.3 is 0 Å². The van der Waals surface area contributed by atoms with Crippen molar-refractivity contribution in [3.8, 4) is 0 Å². The SMILES string of the molecule is CCCCCCCC/C=C\CCCCCCCC(=O)C1=NCCN1CCO. The zero-order chi connectivity index (χ0) is 19.6. The van der Waals surface area contributed by atoms with E-state index in [0.717, 1.165) is 19.4 Å². The number of hydrogen-bond donors (Lipinski definition) is 1. The molecule has 4 nitrogen and oxygen atoms in total. The molecule has 0 fully saturated rings. The lowest BCUT2D eigenvalue weighted by molar-refractivity contribution is -0.113. The van der Waals surface area contributed by atoms with Gasteiger partial charge in [-0.05, 0) is 32.1 Å². The Morgan fingerprint density at radius 1 is 0.963 bits per heavy atom. The molecule has 1 aliphatic rings. The van der Waals surface area contributed by atoms with Crippen LogP contribution in [0.1, 0.15) is 96.8 Å². The van der Waals surface area contributed by atoms with Gasteiger partial charge in [-0.2, -0.15) is 0 Å². The van der Waals surface area contributed by atoms with Gasteiger partial charge in [0.05, 0.1) is 13.2 Å². The van der Waals surface area contributed by atoms with Gasteiger partial charge < -0.3 is 10.0 Å². The summed E-state index contributed by atoms with van der Waals surface area (Å²) in [6.45, 7) is 4.33. The fraction of sp³-hybridized carbons (Fsp3) is 0.826. The number of hydrogen-bond acceptors (Lipinski definition) is 4. The number of β-amino-alcohol motifs (C(OH)–C–C–N with tert-alkyl or cyclic N) is 1. The molecule has 0 saturated carbocycles. The van der Waals surface area contributed by atoms with Crippen molar-refractivity contribution in [1.82, 2.24) is 4.90 Å². The number of amidine groups is 1. The molecule has 0 aromatic carbocycles. The first-order valence-corrected chi connectivity index (χ1v) is 11.4. The molecule has 1 N–H and O–H groups in total. The number of nitrogens with zero attached hydrogens (tertiary/aromatic N) is 2.